The highest BCUT2D eigenvalue weighted by Crippen LogP contribution is 2.25. The number of anilines is 1. The number of hydrogen-bond acceptors (Lipinski definition) is 4. The van der Waals surface area contributed by atoms with E-state index in [1.807, 2.05) is 0 Å². The Bertz CT molecular complexity index is 548. The molecule has 0 unspecified atom stereocenters. The summed E-state index contributed by atoms with van der Waals surface area (Å²) < 4.78 is 4.99. The lowest BCUT2D eigenvalue weighted by Crippen LogP contribution is -2.42. The van der Waals surface area contributed by atoms with E-state index < -0.39 is 0 Å². The Balaban J connectivity index is 1.92. The van der Waals surface area contributed by atoms with Crippen LogP contribution < -0.4 is 5.32 Å². The lowest BCUT2D eigenvalue weighted by atomic mass is 10.0. The average Bonchev–Trinajstić information content (AvgIpc) is 2.50. The quantitative estimate of drug-likeness (QED) is 0.931. The monoisotopic (exact) mass is 307 g/mol. The van der Waals surface area contributed by atoms with E-state index in [1.54, 1.807) is 30.0 Å². The van der Waals surface area contributed by atoms with Crippen molar-refractivity contribution in [3.8, 4) is 6.07 Å². The second kappa shape index (κ2) is 7.19. The molecule has 1 fully saturated rings. The van der Waals surface area contributed by atoms with Gasteiger partial charge in [0.15, 0.2) is 0 Å². The molecule has 0 spiro atoms. The molecule has 1 aliphatic rings. The molecule has 5 nitrogen and oxygen atoms in total. The minimum atomic E-state index is -0.250. The van der Waals surface area contributed by atoms with Crippen LogP contribution in [-0.2, 0) is 4.74 Å². The number of piperidine rings is 1. The minimum Gasteiger partial charge on any atom is -0.450 e. The van der Waals surface area contributed by atoms with Crippen LogP contribution in [-0.4, -0.2) is 36.7 Å². The molecule has 1 aromatic carbocycles. The van der Waals surface area contributed by atoms with E-state index in [1.165, 1.54) is 0 Å². The number of rotatable bonds is 3. The molecule has 1 amide bonds. The third-order valence-electron chi connectivity index (χ3n) is 3.48. The van der Waals surface area contributed by atoms with Crippen molar-refractivity contribution in [3.05, 3.63) is 28.8 Å². The fraction of sp³-hybridized carbons (Fsp3) is 0.467. The Morgan fingerprint density at radius 3 is 2.86 bits per heavy atom. The van der Waals surface area contributed by atoms with Crippen LogP contribution in [0.4, 0.5) is 10.5 Å². The molecule has 0 aliphatic carbocycles. The van der Waals surface area contributed by atoms with Gasteiger partial charge in [0.2, 0.25) is 0 Å². The zero-order valence-corrected chi connectivity index (χ0v) is 12.7. The molecule has 21 heavy (non-hydrogen) atoms. The third-order valence-corrected chi connectivity index (χ3v) is 3.81. The number of carbonyl (C=O) groups excluding carboxylic acids is 1. The lowest BCUT2D eigenvalue weighted by Gasteiger charge is -2.32. The number of nitrogens with zero attached hydrogens (tertiary/aromatic N) is 2. The molecular weight excluding hydrogens is 290 g/mol. The molecule has 6 heteroatoms. The number of carbonyl (C=O) groups is 1. The number of amides is 1. The highest BCUT2D eigenvalue weighted by atomic mass is 35.5. The van der Waals surface area contributed by atoms with Crippen molar-refractivity contribution >= 4 is 23.4 Å². The van der Waals surface area contributed by atoms with E-state index in [2.05, 4.69) is 11.4 Å². The number of ether oxygens (including phenoxy) is 1. The van der Waals surface area contributed by atoms with Crippen LogP contribution in [0.2, 0.25) is 5.02 Å². The SMILES string of the molecule is CCOC(=O)N1CCC(Nc2cc(C#N)ccc2Cl)CC1. The van der Waals surface area contributed by atoms with Gasteiger partial charge in [-0.1, -0.05) is 11.6 Å². The van der Waals surface area contributed by atoms with Gasteiger partial charge in [-0.2, -0.15) is 5.26 Å². The van der Waals surface area contributed by atoms with Crippen LogP contribution in [0.15, 0.2) is 18.2 Å². The van der Waals surface area contributed by atoms with Gasteiger partial charge in [0, 0.05) is 19.1 Å². The maximum absolute atomic E-state index is 11.6. The first-order chi connectivity index (χ1) is 10.1. The van der Waals surface area contributed by atoms with Crippen molar-refractivity contribution in [2.75, 3.05) is 25.0 Å². The lowest BCUT2D eigenvalue weighted by molar-refractivity contribution is 0.0983. The Hall–Kier alpha value is -1.93. The molecule has 0 bridgehead atoms. The summed E-state index contributed by atoms with van der Waals surface area (Å²) in [6, 6.07) is 7.50. The van der Waals surface area contributed by atoms with Gasteiger partial charge < -0.3 is 15.0 Å². The largest absolute Gasteiger partial charge is 0.450 e. The van der Waals surface area contributed by atoms with Crippen molar-refractivity contribution < 1.29 is 9.53 Å². The summed E-state index contributed by atoms with van der Waals surface area (Å²) in [6.45, 7) is 3.52. The standard InChI is InChI=1S/C15H18ClN3O2/c1-2-21-15(20)19-7-5-12(6-8-19)18-14-9-11(10-17)3-4-13(14)16/h3-4,9,12,18H,2,5-8H2,1H3. The molecule has 1 saturated heterocycles. The highest BCUT2D eigenvalue weighted by molar-refractivity contribution is 6.33. The Kier molecular flexibility index (Phi) is 5.29. The summed E-state index contributed by atoms with van der Waals surface area (Å²) in [7, 11) is 0. The topological polar surface area (TPSA) is 65.4 Å². The maximum Gasteiger partial charge on any atom is 0.409 e. The van der Waals surface area contributed by atoms with E-state index in [0.29, 0.717) is 30.3 Å². The molecule has 112 valence electrons. The summed E-state index contributed by atoms with van der Waals surface area (Å²) >= 11 is 6.14. The zero-order valence-electron chi connectivity index (χ0n) is 11.9. The van der Waals surface area contributed by atoms with Gasteiger partial charge in [-0.25, -0.2) is 4.79 Å². The van der Waals surface area contributed by atoms with Gasteiger partial charge in [0.1, 0.15) is 0 Å². The number of benzene rings is 1. The third kappa shape index (κ3) is 4.02. The Morgan fingerprint density at radius 1 is 1.52 bits per heavy atom. The number of nitrogens with one attached hydrogen (secondary N) is 1. The van der Waals surface area contributed by atoms with Crippen molar-refractivity contribution in [1.82, 2.24) is 4.90 Å². The average molecular weight is 308 g/mol. The maximum atomic E-state index is 11.6. The second-order valence-electron chi connectivity index (χ2n) is 4.91. The zero-order chi connectivity index (χ0) is 15.2. The number of nitriles is 1. The fourth-order valence-corrected chi connectivity index (χ4v) is 2.52. The molecule has 1 heterocycles. The number of halogens is 1. The molecule has 0 saturated carbocycles. The molecule has 1 N–H and O–H groups in total. The molecule has 0 aromatic heterocycles. The van der Waals surface area contributed by atoms with Crippen molar-refractivity contribution in [2.45, 2.75) is 25.8 Å². The van der Waals surface area contributed by atoms with Gasteiger partial charge in [-0.3, -0.25) is 0 Å². The van der Waals surface area contributed by atoms with Crippen molar-refractivity contribution in [3.63, 3.8) is 0 Å². The van der Waals surface area contributed by atoms with Crippen LogP contribution >= 0.6 is 11.6 Å². The number of likely N-dealkylation sites (tertiary alicyclic amines) is 1. The van der Waals surface area contributed by atoms with E-state index in [9.17, 15) is 4.79 Å². The van der Waals surface area contributed by atoms with E-state index in [4.69, 9.17) is 21.6 Å². The van der Waals surface area contributed by atoms with Crippen LogP contribution in [0.25, 0.3) is 0 Å². The van der Waals surface area contributed by atoms with Crippen LogP contribution in [0.3, 0.4) is 0 Å². The van der Waals surface area contributed by atoms with Crippen LogP contribution in [0, 0.1) is 11.3 Å². The Labute approximate surface area is 129 Å². The van der Waals surface area contributed by atoms with Crippen molar-refractivity contribution in [1.29, 1.82) is 5.26 Å². The first-order valence-corrected chi connectivity index (χ1v) is 7.39. The fourth-order valence-electron chi connectivity index (χ4n) is 2.35. The van der Waals surface area contributed by atoms with E-state index in [0.717, 1.165) is 18.5 Å². The molecule has 0 atom stereocenters. The van der Waals surface area contributed by atoms with Gasteiger partial charge in [0.25, 0.3) is 0 Å². The van der Waals surface area contributed by atoms with Crippen molar-refractivity contribution in [2.24, 2.45) is 0 Å². The first kappa shape index (κ1) is 15.5. The molecule has 2 rings (SSSR count). The Morgan fingerprint density at radius 2 is 2.24 bits per heavy atom. The minimum absolute atomic E-state index is 0.238. The van der Waals surface area contributed by atoms with Gasteiger partial charge >= 0.3 is 6.09 Å². The van der Waals surface area contributed by atoms with E-state index in [-0.39, 0.29) is 12.1 Å². The van der Waals surface area contributed by atoms with E-state index >= 15 is 0 Å². The smallest absolute Gasteiger partial charge is 0.409 e. The second-order valence-corrected chi connectivity index (χ2v) is 5.32. The number of hydrogen-bond donors (Lipinski definition) is 1. The summed E-state index contributed by atoms with van der Waals surface area (Å²) in [5, 5.41) is 12.9. The van der Waals surface area contributed by atoms with Crippen LogP contribution in [0.1, 0.15) is 25.3 Å². The van der Waals surface area contributed by atoms with Gasteiger partial charge in [-0.15, -0.1) is 0 Å². The van der Waals surface area contributed by atoms with Gasteiger partial charge in [-0.05, 0) is 38.0 Å². The first-order valence-electron chi connectivity index (χ1n) is 7.02. The van der Waals surface area contributed by atoms with Crippen LogP contribution in [0.5, 0.6) is 0 Å². The normalized spacial score (nSPS) is 15.4. The summed E-state index contributed by atoms with van der Waals surface area (Å²) in [5.41, 5.74) is 1.34. The summed E-state index contributed by atoms with van der Waals surface area (Å²) in [4.78, 5) is 13.3. The molecule has 1 aromatic rings. The summed E-state index contributed by atoms with van der Waals surface area (Å²) in [6.07, 6.45) is 1.40. The molecular formula is C15H18ClN3O2. The summed E-state index contributed by atoms with van der Waals surface area (Å²) in [5.74, 6) is 0. The predicted molar refractivity (Wildman–Crippen MR) is 81.4 cm³/mol. The highest BCUT2D eigenvalue weighted by Gasteiger charge is 2.23. The molecule has 0 radical (unpaired) electrons. The van der Waals surface area contributed by atoms with Gasteiger partial charge in [0.05, 0.1) is 28.9 Å². The molecule has 1 aliphatic heterocycles. The predicted octanol–water partition coefficient (Wildman–Crippen LogP) is 3.24.